The van der Waals surface area contributed by atoms with Crippen molar-refractivity contribution in [2.45, 2.75) is 19.8 Å². The van der Waals surface area contributed by atoms with Crippen LogP contribution in [0.2, 0.25) is 0 Å². The van der Waals surface area contributed by atoms with Crippen LogP contribution in [0, 0.1) is 0 Å². The summed E-state index contributed by atoms with van der Waals surface area (Å²) >= 11 is 0. The Kier molecular flexibility index (Phi) is 5.71. The Hall–Kier alpha value is -3.34. The van der Waals surface area contributed by atoms with Crippen LogP contribution >= 0.6 is 0 Å². The summed E-state index contributed by atoms with van der Waals surface area (Å²) in [5.74, 6) is 0.949. The van der Waals surface area contributed by atoms with Crippen molar-refractivity contribution in [3.63, 3.8) is 0 Å². The number of benzene rings is 2. The van der Waals surface area contributed by atoms with E-state index in [-0.39, 0.29) is 5.91 Å². The van der Waals surface area contributed by atoms with E-state index in [1.165, 1.54) is 5.56 Å². The van der Waals surface area contributed by atoms with Crippen LogP contribution < -0.4 is 15.4 Å². The molecule has 0 spiro atoms. The molecule has 27 heavy (non-hydrogen) atoms. The number of carbonyl (C=O) groups excluding carboxylic acids is 1. The molecule has 0 aliphatic carbocycles. The Morgan fingerprint density at radius 3 is 2.44 bits per heavy atom. The van der Waals surface area contributed by atoms with Crippen molar-refractivity contribution in [2.24, 2.45) is 0 Å². The summed E-state index contributed by atoms with van der Waals surface area (Å²) in [6, 6.07) is 17.3. The zero-order valence-corrected chi connectivity index (χ0v) is 15.7. The van der Waals surface area contributed by atoms with Gasteiger partial charge in [-0.25, -0.2) is 0 Å². The Bertz CT molecular complexity index is 921. The van der Waals surface area contributed by atoms with Crippen molar-refractivity contribution >= 4 is 23.0 Å². The lowest BCUT2D eigenvalue weighted by Gasteiger charge is -2.11. The molecule has 0 radical (unpaired) electrons. The molecule has 5 heteroatoms. The first kappa shape index (κ1) is 18.5. The maximum atomic E-state index is 12.5. The Labute approximate surface area is 159 Å². The number of aromatic nitrogens is 1. The quantitative estimate of drug-likeness (QED) is 0.633. The number of nitrogens with one attached hydrogen (secondary N) is 2. The van der Waals surface area contributed by atoms with Gasteiger partial charge < -0.3 is 15.4 Å². The van der Waals surface area contributed by atoms with E-state index in [1.54, 1.807) is 31.6 Å². The van der Waals surface area contributed by atoms with Gasteiger partial charge in [-0.2, -0.15) is 0 Å². The van der Waals surface area contributed by atoms with Crippen LogP contribution in [0.4, 0.5) is 17.1 Å². The largest absolute Gasteiger partial charge is 0.497 e. The number of nitrogens with zero attached hydrogens (tertiary/aromatic N) is 1. The van der Waals surface area contributed by atoms with Crippen LogP contribution in [0.3, 0.4) is 0 Å². The summed E-state index contributed by atoms with van der Waals surface area (Å²) in [5.41, 5.74) is 4.13. The number of ether oxygens (including phenoxy) is 1. The molecule has 1 amide bonds. The Morgan fingerprint density at radius 1 is 0.963 bits per heavy atom. The lowest BCUT2D eigenvalue weighted by molar-refractivity contribution is 0.102. The second kappa shape index (κ2) is 8.36. The average Bonchev–Trinajstić information content (AvgIpc) is 2.68. The second-order valence-electron chi connectivity index (χ2n) is 6.55. The predicted molar refractivity (Wildman–Crippen MR) is 109 cm³/mol. The number of amides is 1. The monoisotopic (exact) mass is 361 g/mol. The topological polar surface area (TPSA) is 63.2 Å². The molecule has 0 fully saturated rings. The van der Waals surface area contributed by atoms with Gasteiger partial charge in [-0.1, -0.05) is 32.0 Å². The molecule has 0 saturated carbocycles. The molecular formula is C22H23N3O2. The highest BCUT2D eigenvalue weighted by Gasteiger charge is 2.09. The predicted octanol–water partition coefficient (Wildman–Crippen LogP) is 5.21. The van der Waals surface area contributed by atoms with Crippen molar-refractivity contribution in [3.8, 4) is 5.75 Å². The number of hydrogen-bond acceptors (Lipinski definition) is 4. The van der Waals surface area contributed by atoms with Crippen LogP contribution in [0.25, 0.3) is 0 Å². The zero-order chi connectivity index (χ0) is 19.2. The summed E-state index contributed by atoms with van der Waals surface area (Å²) in [4.78, 5) is 16.7. The zero-order valence-electron chi connectivity index (χ0n) is 15.7. The SMILES string of the molecule is COc1cccc(NC(=O)c2cncc(Nc3ccc(C(C)C)cc3)c2)c1. The molecule has 1 aromatic heterocycles. The summed E-state index contributed by atoms with van der Waals surface area (Å²) < 4.78 is 5.18. The number of carbonyl (C=O) groups is 1. The number of pyridine rings is 1. The molecule has 0 aliphatic heterocycles. The summed E-state index contributed by atoms with van der Waals surface area (Å²) in [7, 11) is 1.59. The molecule has 138 valence electrons. The Balaban J connectivity index is 1.71. The number of anilines is 3. The van der Waals surface area contributed by atoms with E-state index in [9.17, 15) is 4.79 Å². The minimum atomic E-state index is -0.227. The van der Waals surface area contributed by atoms with Gasteiger partial charge in [-0.3, -0.25) is 9.78 Å². The van der Waals surface area contributed by atoms with E-state index in [2.05, 4.69) is 41.6 Å². The van der Waals surface area contributed by atoms with Gasteiger partial charge in [-0.05, 0) is 41.8 Å². The van der Waals surface area contributed by atoms with Gasteiger partial charge in [0, 0.05) is 23.6 Å². The summed E-state index contributed by atoms with van der Waals surface area (Å²) in [5, 5.41) is 6.14. The van der Waals surface area contributed by atoms with Crippen LogP contribution in [0.5, 0.6) is 5.75 Å². The van der Waals surface area contributed by atoms with Crippen LogP contribution in [0.15, 0.2) is 67.0 Å². The summed E-state index contributed by atoms with van der Waals surface area (Å²) in [6.07, 6.45) is 3.24. The standard InChI is InChI=1S/C22H23N3O2/c1-15(2)16-7-9-18(10-8-16)24-20-11-17(13-23-14-20)22(26)25-19-5-4-6-21(12-19)27-3/h4-15,24H,1-3H3,(H,25,26). The molecule has 0 unspecified atom stereocenters. The van der Waals surface area contributed by atoms with Gasteiger partial charge >= 0.3 is 0 Å². The number of rotatable bonds is 6. The van der Waals surface area contributed by atoms with E-state index < -0.39 is 0 Å². The average molecular weight is 361 g/mol. The van der Waals surface area contributed by atoms with E-state index in [0.717, 1.165) is 11.4 Å². The van der Waals surface area contributed by atoms with E-state index in [0.29, 0.717) is 22.9 Å². The molecule has 0 bridgehead atoms. The van der Waals surface area contributed by atoms with Crippen molar-refractivity contribution < 1.29 is 9.53 Å². The van der Waals surface area contributed by atoms with Gasteiger partial charge in [-0.15, -0.1) is 0 Å². The first-order valence-electron chi connectivity index (χ1n) is 8.82. The van der Waals surface area contributed by atoms with Crippen molar-refractivity contribution in [3.05, 3.63) is 78.1 Å². The third-order valence-electron chi connectivity index (χ3n) is 4.19. The molecule has 2 N–H and O–H groups in total. The molecular weight excluding hydrogens is 338 g/mol. The van der Waals surface area contributed by atoms with Crippen molar-refractivity contribution in [1.82, 2.24) is 4.98 Å². The van der Waals surface area contributed by atoms with Crippen LogP contribution in [-0.2, 0) is 0 Å². The molecule has 3 aromatic rings. The molecule has 0 saturated heterocycles. The van der Waals surface area contributed by atoms with E-state index in [4.69, 9.17) is 4.74 Å². The van der Waals surface area contributed by atoms with Crippen molar-refractivity contribution in [1.29, 1.82) is 0 Å². The third kappa shape index (κ3) is 4.85. The third-order valence-corrected chi connectivity index (χ3v) is 4.19. The number of hydrogen-bond donors (Lipinski definition) is 2. The fraction of sp³-hybridized carbons (Fsp3) is 0.182. The maximum Gasteiger partial charge on any atom is 0.257 e. The summed E-state index contributed by atoms with van der Waals surface area (Å²) in [6.45, 7) is 4.33. The second-order valence-corrected chi connectivity index (χ2v) is 6.55. The lowest BCUT2D eigenvalue weighted by atomic mass is 10.0. The smallest absolute Gasteiger partial charge is 0.257 e. The van der Waals surface area contributed by atoms with E-state index >= 15 is 0 Å². The van der Waals surface area contributed by atoms with Gasteiger partial charge in [0.05, 0.1) is 24.6 Å². The van der Waals surface area contributed by atoms with Crippen LogP contribution in [-0.4, -0.2) is 18.0 Å². The fourth-order valence-electron chi connectivity index (χ4n) is 2.65. The molecule has 5 nitrogen and oxygen atoms in total. The normalized spacial score (nSPS) is 10.5. The molecule has 1 heterocycles. The maximum absolute atomic E-state index is 12.5. The van der Waals surface area contributed by atoms with E-state index in [1.807, 2.05) is 30.3 Å². The van der Waals surface area contributed by atoms with Gasteiger partial charge in [0.15, 0.2) is 0 Å². The molecule has 0 aliphatic rings. The molecule has 2 aromatic carbocycles. The minimum absolute atomic E-state index is 0.227. The highest BCUT2D eigenvalue weighted by atomic mass is 16.5. The van der Waals surface area contributed by atoms with Gasteiger partial charge in [0.25, 0.3) is 5.91 Å². The first-order valence-corrected chi connectivity index (χ1v) is 8.82. The van der Waals surface area contributed by atoms with Gasteiger partial charge in [0.1, 0.15) is 5.75 Å². The fourth-order valence-corrected chi connectivity index (χ4v) is 2.65. The van der Waals surface area contributed by atoms with Crippen molar-refractivity contribution in [2.75, 3.05) is 17.7 Å². The number of methoxy groups -OCH3 is 1. The minimum Gasteiger partial charge on any atom is -0.497 e. The highest BCUT2D eigenvalue weighted by molar-refractivity contribution is 6.04. The highest BCUT2D eigenvalue weighted by Crippen LogP contribution is 2.22. The first-order chi connectivity index (χ1) is 13.0. The van der Waals surface area contributed by atoms with Crippen LogP contribution in [0.1, 0.15) is 35.7 Å². The Morgan fingerprint density at radius 2 is 1.74 bits per heavy atom. The molecule has 3 rings (SSSR count). The lowest BCUT2D eigenvalue weighted by Crippen LogP contribution is -2.12. The molecule has 0 atom stereocenters. The van der Waals surface area contributed by atoms with Gasteiger partial charge in [0.2, 0.25) is 0 Å².